The van der Waals surface area contributed by atoms with Gasteiger partial charge in [-0.15, -0.1) is 11.3 Å². The third-order valence-corrected chi connectivity index (χ3v) is 20.9. The largest absolute Gasteiger partial charge is 0.311 e. The zero-order valence-corrected chi connectivity index (χ0v) is 48.7. The van der Waals surface area contributed by atoms with Gasteiger partial charge in [0.2, 0.25) is 0 Å². The number of hydrogen-bond donors (Lipinski definition) is 0. The number of benzene rings is 6. The van der Waals surface area contributed by atoms with Gasteiger partial charge in [0.1, 0.15) is 0 Å². The molecule has 5 saturated carbocycles. The smallest absolute Gasteiger partial charge is 0.264 e. The van der Waals surface area contributed by atoms with Crippen LogP contribution < -0.4 is 25.5 Å². The van der Waals surface area contributed by atoms with Crippen molar-refractivity contribution >= 4 is 78.0 Å². The minimum Gasteiger partial charge on any atom is -0.311 e. The molecule has 386 valence electrons. The number of aryl methyl sites for hydroxylation is 1. The van der Waals surface area contributed by atoms with E-state index in [9.17, 15) is 0 Å². The molecular weight excluding hydrogens is 924 g/mol. The summed E-state index contributed by atoms with van der Waals surface area (Å²) in [6.07, 6.45) is 15.1. The number of hydrogen-bond acceptors (Lipinski definition) is 3. The number of rotatable bonds is 5. The lowest BCUT2D eigenvalue weighted by molar-refractivity contribution is -0.00515. The van der Waals surface area contributed by atoms with Crippen LogP contribution in [0, 0.1) is 24.7 Å². The van der Waals surface area contributed by atoms with Crippen LogP contribution in [0.1, 0.15) is 199 Å². The van der Waals surface area contributed by atoms with Gasteiger partial charge in [-0.1, -0.05) is 157 Å². The Hall–Kier alpha value is -5.06. The second kappa shape index (κ2) is 17.2. The first-order valence-corrected chi connectivity index (χ1v) is 30.2. The summed E-state index contributed by atoms with van der Waals surface area (Å²) in [5.41, 5.74) is 23.7. The quantitative estimate of drug-likeness (QED) is 0.159. The van der Waals surface area contributed by atoms with E-state index in [1.165, 1.54) is 175 Å². The van der Waals surface area contributed by atoms with Gasteiger partial charge in [0, 0.05) is 43.2 Å². The Morgan fingerprint density at radius 1 is 0.520 bits per heavy atom. The van der Waals surface area contributed by atoms with Crippen molar-refractivity contribution in [1.82, 2.24) is 0 Å². The highest BCUT2D eigenvalue weighted by Crippen LogP contribution is 2.61. The van der Waals surface area contributed by atoms with Gasteiger partial charge < -0.3 is 9.80 Å². The summed E-state index contributed by atoms with van der Waals surface area (Å²) in [5, 5.41) is 1.39. The molecule has 2 aliphatic heterocycles. The zero-order valence-electron chi connectivity index (χ0n) is 47.9. The van der Waals surface area contributed by atoms with Crippen molar-refractivity contribution in [3.8, 4) is 11.1 Å². The van der Waals surface area contributed by atoms with Crippen molar-refractivity contribution in [2.75, 3.05) is 9.80 Å². The highest BCUT2D eigenvalue weighted by Gasteiger charge is 2.53. The summed E-state index contributed by atoms with van der Waals surface area (Å²) in [6, 6.07) is 45.6. The lowest BCUT2D eigenvalue weighted by Gasteiger charge is -2.57. The fraction of sp³-hybridized carbons (Fsp3) is 0.465. The van der Waals surface area contributed by atoms with Crippen molar-refractivity contribution in [3.05, 3.63) is 148 Å². The SMILES string of the molecule is Cc1cc2c3c(c1)N(c1ccc(C4CCCCC4)cc1)c1c(sc4ccc(C(C)(C)C)cc14)B3c1cc(C34CC5CC(CC(C5)C3)C4)ccc1N2c1ccc(C(C)(C)C)cc1-c1cc(C(C)(C)C)cc(C(C)(C)C)c1. The Morgan fingerprint density at radius 3 is 1.68 bits per heavy atom. The van der Waals surface area contributed by atoms with Crippen molar-refractivity contribution in [1.29, 1.82) is 0 Å². The predicted octanol–water partition coefficient (Wildman–Crippen LogP) is 18.7. The molecule has 5 fully saturated rings. The topological polar surface area (TPSA) is 6.48 Å². The molecule has 0 N–H and O–H groups in total. The van der Waals surface area contributed by atoms with Crippen LogP contribution >= 0.6 is 11.3 Å². The lowest BCUT2D eigenvalue weighted by Crippen LogP contribution is -2.61. The molecule has 7 aromatic rings. The Kier molecular flexibility index (Phi) is 11.4. The molecule has 3 heterocycles. The van der Waals surface area contributed by atoms with Gasteiger partial charge >= 0.3 is 0 Å². The summed E-state index contributed by atoms with van der Waals surface area (Å²) >= 11 is 2.06. The number of thiophene rings is 1. The number of nitrogens with zero attached hydrogens (tertiary/aromatic N) is 2. The summed E-state index contributed by atoms with van der Waals surface area (Å²) in [7, 11) is 0. The summed E-state index contributed by atoms with van der Waals surface area (Å²) in [6.45, 7) is 31.0. The van der Waals surface area contributed by atoms with Crippen LogP contribution in [-0.4, -0.2) is 6.71 Å². The van der Waals surface area contributed by atoms with Gasteiger partial charge in [0.05, 0.1) is 11.4 Å². The van der Waals surface area contributed by atoms with E-state index in [2.05, 4.69) is 220 Å². The Morgan fingerprint density at radius 2 is 1.08 bits per heavy atom. The first-order valence-electron chi connectivity index (χ1n) is 29.4. The van der Waals surface area contributed by atoms with Crippen LogP contribution in [0.4, 0.5) is 34.1 Å². The third-order valence-electron chi connectivity index (χ3n) is 19.6. The van der Waals surface area contributed by atoms with Crippen LogP contribution in [0.15, 0.2) is 109 Å². The van der Waals surface area contributed by atoms with E-state index < -0.39 is 0 Å². The Balaban J connectivity index is 1.11. The predicted molar refractivity (Wildman–Crippen MR) is 326 cm³/mol. The van der Waals surface area contributed by atoms with Gasteiger partial charge in [-0.2, -0.15) is 0 Å². The van der Waals surface area contributed by atoms with Crippen LogP contribution in [0.25, 0.3) is 21.2 Å². The van der Waals surface area contributed by atoms with E-state index in [4.69, 9.17) is 0 Å². The zero-order chi connectivity index (χ0) is 52.3. The van der Waals surface area contributed by atoms with Crippen molar-refractivity contribution < 1.29 is 0 Å². The van der Waals surface area contributed by atoms with Crippen LogP contribution in [0.5, 0.6) is 0 Å². The molecule has 1 aromatic heterocycles. The molecule has 7 aliphatic rings. The second-order valence-corrected chi connectivity index (χ2v) is 30.4. The maximum atomic E-state index is 2.80. The lowest BCUT2D eigenvalue weighted by atomic mass is 9.35. The van der Waals surface area contributed by atoms with Crippen LogP contribution in [-0.2, 0) is 27.1 Å². The first-order chi connectivity index (χ1) is 35.5. The molecular formula is C71H83BN2S. The van der Waals surface area contributed by atoms with Gasteiger partial charge in [0.25, 0.3) is 6.71 Å². The van der Waals surface area contributed by atoms with Crippen molar-refractivity contribution in [2.45, 2.75) is 194 Å². The second-order valence-electron chi connectivity index (χ2n) is 29.3. The van der Waals surface area contributed by atoms with E-state index in [0.29, 0.717) is 5.92 Å². The number of fused-ring (bicyclic) bond motifs is 6. The minimum absolute atomic E-state index is 0.0142. The standard InChI is InChI=1S/C71H83BN2S/c1-43-29-61-64-62(30-43)74(59-26-21-50(67(2,3)4)37-56(59)49-34-53(69(8,9)10)36-54(35-49)70(11,12)13)60-27-22-52(71-40-44-31-45(41-71)33-46(32-44)42-71)39-58(60)72(64)66-65(57-38-51(68(5,6)7)23-28-63(57)75-66)73(61)55-24-19-48(20-25-55)47-17-15-14-16-18-47/h19-30,34-39,44-47H,14-18,31-33,40-42H2,1-13H3. The van der Waals surface area contributed by atoms with E-state index in [1.54, 1.807) is 5.56 Å². The number of anilines is 6. The van der Waals surface area contributed by atoms with Gasteiger partial charge in [-0.05, 0) is 219 Å². The fourth-order valence-corrected chi connectivity index (χ4v) is 17.1. The summed E-state index contributed by atoms with van der Waals surface area (Å²) in [4.78, 5) is 5.48. The molecule has 0 spiro atoms. The molecule has 0 atom stereocenters. The molecule has 5 aliphatic carbocycles. The summed E-state index contributed by atoms with van der Waals surface area (Å²) < 4.78 is 2.88. The molecule has 14 rings (SSSR count). The molecule has 6 aromatic carbocycles. The van der Waals surface area contributed by atoms with Gasteiger partial charge in [0.15, 0.2) is 0 Å². The van der Waals surface area contributed by atoms with Crippen LogP contribution in [0.3, 0.4) is 0 Å². The van der Waals surface area contributed by atoms with Crippen LogP contribution in [0.2, 0.25) is 0 Å². The van der Waals surface area contributed by atoms with Gasteiger partial charge in [-0.3, -0.25) is 0 Å². The fourth-order valence-electron chi connectivity index (χ4n) is 15.8. The molecule has 2 nitrogen and oxygen atoms in total. The average molecular weight is 1010 g/mol. The van der Waals surface area contributed by atoms with Gasteiger partial charge in [-0.25, -0.2) is 0 Å². The Labute approximate surface area is 455 Å². The minimum atomic E-state index is -0.0284. The van der Waals surface area contributed by atoms with E-state index >= 15 is 0 Å². The van der Waals surface area contributed by atoms with Crippen molar-refractivity contribution in [3.63, 3.8) is 0 Å². The first kappa shape index (κ1) is 49.5. The molecule has 4 heteroatoms. The highest BCUT2D eigenvalue weighted by atomic mass is 32.1. The van der Waals surface area contributed by atoms with E-state index in [0.717, 1.165) is 17.8 Å². The normalized spacial score (nSPS) is 22.5. The van der Waals surface area contributed by atoms with E-state index in [1.807, 2.05) is 0 Å². The maximum Gasteiger partial charge on any atom is 0.264 e. The maximum absolute atomic E-state index is 2.80. The summed E-state index contributed by atoms with van der Waals surface area (Å²) in [5.74, 6) is 3.30. The molecule has 75 heavy (non-hydrogen) atoms. The highest BCUT2D eigenvalue weighted by molar-refractivity contribution is 7.33. The monoisotopic (exact) mass is 1010 g/mol. The Bertz CT molecular complexity index is 3340. The van der Waals surface area contributed by atoms with Crippen molar-refractivity contribution in [2.24, 2.45) is 17.8 Å². The molecule has 0 radical (unpaired) electrons. The molecule has 0 amide bonds. The van der Waals surface area contributed by atoms with E-state index in [-0.39, 0.29) is 33.8 Å². The molecule has 0 saturated heterocycles. The molecule has 0 unspecified atom stereocenters. The average Bonchev–Trinajstić information content (AvgIpc) is 3.73. The molecule has 4 bridgehead atoms. The third kappa shape index (κ3) is 8.30.